The van der Waals surface area contributed by atoms with E-state index in [1.165, 1.54) is 0 Å². The zero-order chi connectivity index (χ0) is 16.5. The highest BCUT2D eigenvalue weighted by Crippen LogP contribution is 2.57. The largest absolute Gasteiger partial charge is 0.468 e. The van der Waals surface area contributed by atoms with Crippen molar-refractivity contribution in [3.05, 3.63) is 40.6 Å². The SMILES string of the molecule is Cc1ccc2c(c1)C1=C(NC(C)O1)C(=O)[N+]1(C(=N)C=N)C(C)C21. The van der Waals surface area contributed by atoms with Gasteiger partial charge in [0.1, 0.15) is 0 Å². The van der Waals surface area contributed by atoms with E-state index >= 15 is 0 Å². The van der Waals surface area contributed by atoms with Crippen LogP contribution < -0.4 is 5.32 Å². The first-order valence-electron chi connectivity index (χ1n) is 7.74. The number of fused-ring (bicyclic) bond motifs is 4. The predicted molar refractivity (Wildman–Crippen MR) is 85.8 cm³/mol. The average Bonchev–Trinajstić information content (AvgIpc) is 2.97. The van der Waals surface area contributed by atoms with Crippen molar-refractivity contribution >= 4 is 23.7 Å². The molecule has 1 fully saturated rings. The van der Waals surface area contributed by atoms with Gasteiger partial charge in [-0.05, 0) is 26.8 Å². The summed E-state index contributed by atoms with van der Waals surface area (Å²) < 4.78 is 5.75. The first-order valence-corrected chi connectivity index (χ1v) is 7.74. The Kier molecular flexibility index (Phi) is 2.64. The van der Waals surface area contributed by atoms with Gasteiger partial charge in [0, 0.05) is 11.1 Å². The van der Waals surface area contributed by atoms with Gasteiger partial charge >= 0.3 is 5.91 Å². The van der Waals surface area contributed by atoms with Gasteiger partial charge in [0.15, 0.2) is 29.8 Å². The molecule has 4 atom stereocenters. The number of rotatable bonds is 1. The predicted octanol–water partition coefficient (Wildman–Crippen LogP) is 2.06. The molecule has 3 N–H and O–H groups in total. The Balaban J connectivity index is 2.01. The lowest BCUT2D eigenvalue weighted by Crippen LogP contribution is -2.45. The molecule has 23 heavy (non-hydrogen) atoms. The van der Waals surface area contributed by atoms with Crippen LogP contribution in [0.15, 0.2) is 23.9 Å². The summed E-state index contributed by atoms with van der Waals surface area (Å²) in [6.45, 7) is 5.83. The van der Waals surface area contributed by atoms with Crippen LogP contribution in [-0.2, 0) is 9.53 Å². The van der Waals surface area contributed by atoms with Gasteiger partial charge < -0.3 is 15.5 Å². The van der Waals surface area contributed by atoms with Crippen LogP contribution in [0.2, 0.25) is 0 Å². The first kappa shape index (κ1) is 14.1. The molecular formula is C17H19N4O2+. The minimum absolute atomic E-state index is 0.0223. The lowest BCUT2D eigenvalue weighted by Gasteiger charge is -2.17. The summed E-state index contributed by atoms with van der Waals surface area (Å²) >= 11 is 0. The lowest BCUT2D eigenvalue weighted by molar-refractivity contribution is -0.645. The molecule has 0 aliphatic carbocycles. The Hall–Kier alpha value is -2.47. The number of ether oxygens (including phenoxy) is 1. The molecule has 0 bridgehead atoms. The molecule has 1 amide bonds. The molecular weight excluding hydrogens is 292 g/mol. The maximum Gasteiger partial charge on any atom is 0.373 e. The fourth-order valence-corrected chi connectivity index (χ4v) is 4.07. The van der Waals surface area contributed by atoms with Gasteiger partial charge in [-0.3, -0.25) is 0 Å². The van der Waals surface area contributed by atoms with Crippen LogP contribution in [0.5, 0.6) is 0 Å². The quantitative estimate of drug-likeness (QED) is 0.321. The van der Waals surface area contributed by atoms with Crippen molar-refractivity contribution in [2.45, 2.75) is 39.1 Å². The third kappa shape index (κ3) is 1.53. The Labute approximate surface area is 134 Å². The molecule has 0 radical (unpaired) electrons. The van der Waals surface area contributed by atoms with Crippen LogP contribution in [0.4, 0.5) is 0 Å². The second-order valence-electron chi connectivity index (χ2n) is 6.50. The Morgan fingerprint density at radius 3 is 2.83 bits per heavy atom. The molecule has 1 aromatic carbocycles. The van der Waals surface area contributed by atoms with Crippen molar-refractivity contribution in [3.8, 4) is 0 Å². The average molecular weight is 311 g/mol. The van der Waals surface area contributed by atoms with E-state index < -0.39 is 0 Å². The molecule has 4 unspecified atom stereocenters. The van der Waals surface area contributed by atoms with Crippen LogP contribution in [0.1, 0.15) is 36.6 Å². The maximum atomic E-state index is 13.2. The molecule has 0 saturated carbocycles. The fraction of sp³-hybridized carbons (Fsp3) is 0.353. The van der Waals surface area contributed by atoms with Crippen molar-refractivity contribution in [1.82, 2.24) is 5.32 Å². The van der Waals surface area contributed by atoms with Crippen LogP contribution in [-0.4, -0.2) is 34.7 Å². The molecule has 0 spiro atoms. The van der Waals surface area contributed by atoms with Gasteiger partial charge in [0.2, 0.25) is 5.84 Å². The molecule has 3 heterocycles. The van der Waals surface area contributed by atoms with Crippen molar-refractivity contribution in [3.63, 3.8) is 0 Å². The van der Waals surface area contributed by atoms with Gasteiger partial charge in [-0.1, -0.05) is 17.7 Å². The van der Waals surface area contributed by atoms with Crippen LogP contribution in [0, 0.1) is 17.7 Å². The van der Waals surface area contributed by atoms with Gasteiger partial charge in [-0.25, -0.2) is 10.2 Å². The second kappa shape index (κ2) is 4.29. The number of carbonyl (C=O) groups excluding carboxylic acids is 1. The lowest BCUT2D eigenvalue weighted by atomic mass is 9.98. The normalized spacial score (nSPS) is 33.7. The number of amidine groups is 1. The van der Waals surface area contributed by atoms with E-state index in [4.69, 9.17) is 15.6 Å². The molecule has 0 aromatic heterocycles. The molecule has 1 saturated heterocycles. The number of quaternary nitrogens is 1. The molecule has 3 aliphatic rings. The molecule has 6 nitrogen and oxygen atoms in total. The van der Waals surface area contributed by atoms with E-state index in [-0.39, 0.29) is 34.5 Å². The van der Waals surface area contributed by atoms with E-state index in [1.807, 2.05) is 39.0 Å². The second-order valence-corrected chi connectivity index (χ2v) is 6.50. The van der Waals surface area contributed by atoms with Crippen LogP contribution >= 0.6 is 0 Å². The first-order chi connectivity index (χ1) is 10.9. The summed E-state index contributed by atoms with van der Waals surface area (Å²) in [6.07, 6.45) is 0.700. The molecule has 3 aliphatic heterocycles. The van der Waals surface area contributed by atoms with Crippen molar-refractivity contribution in [2.75, 3.05) is 0 Å². The van der Waals surface area contributed by atoms with Crippen molar-refractivity contribution in [2.24, 2.45) is 0 Å². The zero-order valence-corrected chi connectivity index (χ0v) is 13.3. The summed E-state index contributed by atoms with van der Waals surface area (Å²) in [5.74, 6) is 0.425. The highest BCUT2D eigenvalue weighted by atomic mass is 16.5. The Morgan fingerprint density at radius 2 is 2.13 bits per heavy atom. The molecule has 118 valence electrons. The number of carbonyl (C=O) groups is 1. The summed E-state index contributed by atoms with van der Waals surface area (Å²) in [5, 5.41) is 18.8. The molecule has 1 aromatic rings. The zero-order valence-electron chi connectivity index (χ0n) is 13.3. The number of hydrogen-bond acceptors (Lipinski definition) is 5. The molecule has 4 rings (SSSR count). The smallest absolute Gasteiger partial charge is 0.373 e. The Morgan fingerprint density at radius 1 is 1.39 bits per heavy atom. The fourth-order valence-electron chi connectivity index (χ4n) is 4.07. The van der Waals surface area contributed by atoms with E-state index in [0.717, 1.165) is 22.9 Å². The van der Waals surface area contributed by atoms with Gasteiger partial charge in [-0.15, -0.1) is 0 Å². The summed E-state index contributed by atoms with van der Waals surface area (Å²) in [6, 6.07) is 5.91. The maximum absolute atomic E-state index is 13.2. The van der Waals surface area contributed by atoms with E-state index in [1.54, 1.807) is 0 Å². The van der Waals surface area contributed by atoms with Gasteiger partial charge in [-0.2, -0.15) is 4.48 Å². The highest BCUT2D eigenvalue weighted by Gasteiger charge is 2.74. The van der Waals surface area contributed by atoms with Crippen LogP contribution in [0.3, 0.4) is 0 Å². The summed E-state index contributed by atoms with van der Waals surface area (Å²) in [4.78, 5) is 13.2. The number of nitrogens with zero attached hydrogens (tertiary/aromatic N) is 1. The van der Waals surface area contributed by atoms with E-state index in [0.29, 0.717) is 11.5 Å². The minimum atomic E-state index is -0.279. The standard InChI is InChI=1S/C17H19N4O2/c1-8-4-5-11-12(6-8)16-14(20-10(3)23-16)17(22)21(13(19)7-18)9(2)15(11)21/h4-7,9-10,15,18-20H,1-3H3/q+1. The third-order valence-corrected chi connectivity index (χ3v) is 5.18. The van der Waals surface area contributed by atoms with Gasteiger partial charge in [0.25, 0.3) is 0 Å². The number of nitrogens with one attached hydrogen (secondary N) is 3. The number of aryl methyl sites for hydroxylation is 1. The number of hydrogen-bond donors (Lipinski definition) is 3. The van der Waals surface area contributed by atoms with Crippen molar-refractivity contribution in [1.29, 1.82) is 10.8 Å². The number of benzene rings is 1. The van der Waals surface area contributed by atoms with Crippen LogP contribution in [0.25, 0.3) is 5.76 Å². The number of amides is 1. The van der Waals surface area contributed by atoms with Gasteiger partial charge in [0.05, 0.1) is 6.21 Å². The molecule has 6 heteroatoms. The Bertz CT molecular complexity index is 813. The highest BCUT2D eigenvalue weighted by molar-refractivity contribution is 6.27. The minimum Gasteiger partial charge on any atom is -0.468 e. The van der Waals surface area contributed by atoms with E-state index in [9.17, 15) is 4.79 Å². The topological polar surface area (TPSA) is 86.0 Å². The van der Waals surface area contributed by atoms with E-state index in [2.05, 4.69) is 5.32 Å². The monoisotopic (exact) mass is 311 g/mol. The third-order valence-electron chi connectivity index (χ3n) is 5.18. The summed E-state index contributed by atoms with van der Waals surface area (Å²) in [7, 11) is 0. The summed E-state index contributed by atoms with van der Waals surface area (Å²) in [5.41, 5.74) is 3.48. The van der Waals surface area contributed by atoms with Crippen molar-refractivity contribution < 1.29 is 14.0 Å².